The number of hydrogen-bond acceptors (Lipinski definition) is 3. The van der Waals surface area contributed by atoms with Crippen molar-refractivity contribution in [1.29, 1.82) is 0 Å². The van der Waals surface area contributed by atoms with Crippen molar-refractivity contribution in [2.75, 3.05) is 5.32 Å². The Labute approximate surface area is 132 Å². The van der Waals surface area contributed by atoms with Crippen LogP contribution in [-0.2, 0) is 11.2 Å². The zero-order valence-corrected chi connectivity index (χ0v) is 13.6. The van der Waals surface area contributed by atoms with Gasteiger partial charge in [-0.25, -0.2) is 0 Å². The smallest absolute Gasteiger partial charge is 0.293 e. The highest BCUT2D eigenvalue weighted by atomic mass is 16.6. The molecule has 0 aromatic heterocycles. The molecule has 0 unspecified atom stereocenters. The highest BCUT2D eigenvalue weighted by Gasteiger charge is 2.16. The van der Waals surface area contributed by atoms with Gasteiger partial charge in [-0.2, -0.15) is 0 Å². The van der Waals surface area contributed by atoms with E-state index in [1.165, 1.54) is 0 Å². The lowest BCUT2D eigenvalue weighted by Gasteiger charge is -2.08. The van der Waals surface area contributed by atoms with Gasteiger partial charge in [0.2, 0.25) is 5.91 Å². The van der Waals surface area contributed by atoms with Crippen molar-refractivity contribution in [1.82, 2.24) is 0 Å². The summed E-state index contributed by atoms with van der Waals surface area (Å²) in [6, 6.07) is 5.10. The zero-order chi connectivity index (χ0) is 16.4. The number of benzene rings is 1. The molecule has 0 spiro atoms. The van der Waals surface area contributed by atoms with Crippen LogP contribution in [-0.4, -0.2) is 10.8 Å². The Morgan fingerprint density at radius 3 is 2.45 bits per heavy atom. The fourth-order valence-electron chi connectivity index (χ4n) is 2.32. The molecule has 1 aromatic rings. The molecule has 0 saturated carbocycles. The van der Waals surface area contributed by atoms with Crippen LogP contribution < -0.4 is 5.32 Å². The normalized spacial score (nSPS) is 10.5. The quantitative estimate of drug-likeness (QED) is 0.381. The maximum absolute atomic E-state index is 11.8. The third-order valence-corrected chi connectivity index (χ3v) is 3.61. The lowest BCUT2D eigenvalue weighted by atomic mass is 10.1. The third-order valence-electron chi connectivity index (χ3n) is 3.61. The molecule has 1 N–H and O–H groups in total. The Bertz CT molecular complexity index is 501. The number of amides is 1. The minimum atomic E-state index is -0.426. The van der Waals surface area contributed by atoms with Gasteiger partial charge in [-0.15, -0.1) is 0 Å². The van der Waals surface area contributed by atoms with Gasteiger partial charge in [0.05, 0.1) is 4.92 Å². The summed E-state index contributed by atoms with van der Waals surface area (Å²) in [6.45, 7) is 4.19. The van der Waals surface area contributed by atoms with E-state index in [9.17, 15) is 14.9 Å². The van der Waals surface area contributed by atoms with Gasteiger partial charge in [0.1, 0.15) is 5.69 Å². The average Bonchev–Trinajstić information content (AvgIpc) is 2.49. The second kappa shape index (κ2) is 9.92. The number of hydrogen-bond donors (Lipinski definition) is 1. The standard InChI is InChI=1S/C17H26N2O3/c1-3-5-7-9-14-11-12-15(16(13-14)19(21)22)18-17(20)10-8-6-4-2/h11-13H,3-10H2,1-2H3,(H,18,20). The Hall–Kier alpha value is -1.91. The SMILES string of the molecule is CCCCCC(=O)Nc1ccc(CCCCC)cc1[N+](=O)[O-]. The van der Waals surface area contributed by atoms with Crippen LogP contribution in [0.1, 0.15) is 64.4 Å². The fraction of sp³-hybridized carbons (Fsp3) is 0.588. The van der Waals surface area contributed by atoms with E-state index < -0.39 is 4.92 Å². The van der Waals surface area contributed by atoms with Gasteiger partial charge in [-0.05, 0) is 30.9 Å². The summed E-state index contributed by atoms with van der Waals surface area (Å²) in [4.78, 5) is 22.6. The van der Waals surface area contributed by atoms with Gasteiger partial charge >= 0.3 is 0 Å². The molecule has 22 heavy (non-hydrogen) atoms. The molecular weight excluding hydrogens is 280 g/mol. The molecule has 1 amide bonds. The highest BCUT2D eigenvalue weighted by molar-refractivity contribution is 5.93. The number of carbonyl (C=O) groups is 1. The highest BCUT2D eigenvalue weighted by Crippen LogP contribution is 2.26. The number of aryl methyl sites for hydroxylation is 1. The van der Waals surface area contributed by atoms with E-state index >= 15 is 0 Å². The predicted octanol–water partition coefficient (Wildman–Crippen LogP) is 4.85. The topological polar surface area (TPSA) is 72.2 Å². The molecule has 0 radical (unpaired) electrons. The van der Waals surface area contributed by atoms with E-state index in [4.69, 9.17) is 0 Å². The van der Waals surface area contributed by atoms with Gasteiger partial charge in [-0.3, -0.25) is 14.9 Å². The summed E-state index contributed by atoms with van der Waals surface area (Å²) in [5.74, 6) is -0.157. The summed E-state index contributed by atoms with van der Waals surface area (Å²) in [7, 11) is 0. The molecule has 0 fully saturated rings. The summed E-state index contributed by atoms with van der Waals surface area (Å²) in [5.41, 5.74) is 1.23. The van der Waals surface area contributed by atoms with E-state index in [0.717, 1.165) is 50.5 Å². The van der Waals surface area contributed by atoms with E-state index in [2.05, 4.69) is 19.2 Å². The van der Waals surface area contributed by atoms with E-state index in [0.29, 0.717) is 12.1 Å². The van der Waals surface area contributed by atoms with Gasteiger partial charge in [0, 0.05) is 12.5 Å². The van der Waals surface area contributed by atoms with Crippen LogP contribution in [0, 0.1) is 10.1 Å². The number of nitro benzene ring substituents is 1. The van der Waals surface area contributed by atoms with Gasteiger partial charge in [0.25, 0.3) is 5.69 Å². The number of unbranched alkanes of at least 4 members (excludes halogenated alkanes) is 4. The van der Waals surface area contributed by atoms with Crippen molar-refractivity contribution >= 4 is 17.3 Å². The number of nitrogens with zero attached hydrogens (tertiary/aromatic N) is 1. The maximum atomic E-state index is 11.8. The van der Waals surface area contributed by atoms with Crippen molar-refractivity contribution in [2.45, 2.75) is 65.2 Å². The van der Waals surface area contributed by atoms with E-state index in [1.54, 1.807) is 12.1 Å². The van der Waals surface area contributed by atoms with Crippen molar-refractivity contribution in [3.8, 4) is 0 Å². The van der Waals surface area contributed by atoms with Crippen LogP contribution in [0.25, 0.3) is 0 Å². The zero-order valence-electron chi connectivity index (χ0n) is 13.6. The first-order chi connectivity index (χ1) is 10.6. The Balaban J connectivity index is 2.73. The molecule has 0 aliphatic carbocycles. The van der Waals surface area contributed by atoms with E-state index in [-0.39, 0.29) is 11.6 Å². The molecule has 5 nitrogen and oxygen atoms in total. The molecule has 122 valence electrons. The Kier molecular flexibility index (Phi) is 8.18. The minimum Gasteiger partial charge on any atom is -0.320 e. The first kappa shape index (κ1) is 18.1. The first-order valence-corrected chi connectivity index (χ1v) is 8.15. The average molecular weight is 306 g/mol. The third kappa shape index (κ3) is 6.24. The molecule has 1 aromatic carbocycles. The van der Waals surface area contributed by atoms with Gasteiger partial charge < -0.3 is 5.32 Å². The second-order valence-electron chi connectivity index (χ2n) is 5.57. The maximum Gasteiger partial charge on any atom is 0.293 e. The Morgan fingerprint density at radius 2 is 1.82 bits per heavy atom. The first-order valence-electron chi connectivity index (χ1n) is 8.15. The summed E-state index contributed by atoms with van der Waals surface area (Å²) >= 11 is 0. The summed E-state index contributed by atoms with van der Waals surface area (Å²) in [6.07, 6.45) is 7.34. The lowest BCUT2D eigenvalue weighted by molar-refractivity contribution is -0.384. The molecule has 0 atom stereocenters. The van der Waals surface area contributed by atoms with Gasteiger partial charge in [-0.1, -0.05) is 45.6 Å². The summed E-state index contributed by atoms with van der Waals surface area (Å²) < 4.78 is 0. The van der Waals surface area contributed by atoms with Crippen LogP contribution >= 0.6 is 0 Å². The monoisotopic (exact) mass is 306 g/mol. The molecule has 0 saturated heterocycles. The number of rotatable bonds is 10. The van der Waals surface area contributed by atoms with Crippen LogP contribution in [0.15, 0.2) is 18.2 Å². The lowest BCUT2D eigenvalue weighted by Crippen LogP contribution is -2.12. The summed E-state index contributed by atoms with van der Waals surface area (Å²) in [5, 5.41) is 13.9. The largest absolute Gasteiger partial charge is 0.320 e. The second-order valence-corrected chi connectivity index (χ2v) is 5.57. The van der Waals surface area contributed by atoms with Crippen LogP contribution in [0.5, 0.6) is 0 Å². The molecule has 5 heteroatoms. The van der Waals surface area contributed by atoms with Crippen molar-refractivity contribution < 1.29 is 9.72 Å². The molecular formula is C17H26N2O3. The van der Waals surface area contributed by atoms with Crippen molar-refractivity contribution in [2.24, 2.45) is 0 Å². The minimum absolute atomic E-state index is 0.0159. The van der Waals surface area contributed by atoms with Crippen molar-refractivity contribution in [3.63, 3.8) is 0 Å². The molecule has 0 aliphatic heterocycles. The van der Waals surface area contributed by atoms with E-state index in [1.807, 2.05) is 6.07 Å². The molecule has 0 bridgehead atoms. The number of nitro groups is 1. The van der Waals surface area contributed by atoms with Crippen LogP contribution in [0.2, 0.25) is 0 Å². The molecule has 0 aliphatic rings. The molecule has 1 rings (SSSR count). The van der Waals surface area contributed by atoms with Crippen LogP contribution in [0.3, 0.4) is 0 Å². The Morgan fingerprint density at radius 1 is 1.14 bits per heavy atom. The predicted molar refractivity (Wildman–Crippen MR) is 89.1 cm³/mol. The van der Waals surface area contributed by atoms with Crippen LogP contribution in [0.4, 0.5) is 11.4 Å². The molecule has 0 heterocycles. The number of anilines is 1. The van der Waals surface area contributed by atoms with Crippen molar-refractivity contribution in [3.05, 3.63) is 33.9 Å². The number of carbonyl (C=O) groups excluding carboxylic acids is 1. The fourth-order valence-corrected chi connectivity index (χ4v) is 2.32. The number of nitrogens with one attached hydrogen (secondary N) is 1. The van der Waals surface area contributed by atoms with Gasteiger partial charge in [0.15, 0.2) is 0 Å².